The predicted octanol–water partition coefficient (Wildman–Crippen LogP) is 1.92. The number of sulfone groups is 1. The van der Waals surface area contributed by atoms with E-state index in [2.05, 4.69) is 5.32 Å². The molecule has 2 amide bonds. The number of nitrogens with one attached hydrogen (secondary N) is 1. The lowest BCUT2D eigenvalue weighted by Gasteiger charge is -2.32. The van der Waals surface area contributed by atoms with Crippen molar-refractivity contribution in [3.05, 3.63) is 29.3 Å². The molecule has 25 heavy (non-hydrogen) atoms. The van der Waals surface area contributed by atoms with Crippen LogP contribution in [0.25, 0.3) is 0 Å². The van der Waals surface area contributed by atoms with Crippen LogP contribution in [0.15, 0.2) is 18.2 Å². The maximum atomic E-state index is 12.4. The van der Waals surface area contributed by atoms with E-state index in [1.54, 1.807) is 4.90 Å². The van der Waals surface area contributed by atoms with Crippen LogP contribution < -0.4 is 5.32 Å². The van der Waals surface area contributed by atoms with Gasteiger partial charge in [0, 0.05) is 25.0 Å². The molecule has 0 saturated carbocycles. The van der Waals surface area contributed by atoms with Crippen molar-refractivity contribution in [2.45, 2.75) is 33.1 Å². The van der Waals surface area contributed by atoms with Crippen molar-refractivity contribution >= 4 is 27.3 Å². The summed E-state index contributed by atoms with van der Waals surface area (Å²) in [6, 6.07) is 5.64. The normalized spacial score (nSPS) is 18.0. The molecule has 1 saturated heterocycles. The van der Waals surface area contributed by atoms with Gasteiger partial charge in [-0.2, -0.15) is 0 Å². The summed E-state index contributed by atoms with van der Waals surface area (Å²) in [6.07, 6.45) is 2.56. The van der Waals surface area contributed by atoms with Gasteiger partial charge in [0.2, 0.25) is 11.8 Å². The SMILES string of the molecule is Cc1cccc(NC(=O)CC(=O)N2CCCC(CS(C)(=O)=O)C2)c1C. The van der Waals surface area contributed by atoms with Gasteiger partial charge in [0.1, 0.15) is 16.3 Å². The number of aryl methyl sites for hydroxylation is 1. The monoisotopic (exact) mass is 366 g/mol. The van der Waals surface area contributed by atoms with Crippen molar-refractivity contribution in [2.75, 3.05) is 30.4 Å². The molecular formula is C18H26N2O4S. The van der Waals surface area contributed by atoms with Gasteiger partial charge in [-0.25, -0.2) is 8.42 Å². The molecule has 1 atom stereocenters. The van der Waals surface area contributed by atoms with Crippen LogP contribution in [0, 0.1) is 19.8 Å². The highest BCUT2D eigenvalue weighted by Crippen LogP contribution is 2.20. The lowest BCUT2D eigenvalue weighted by atomic mass is 10.00. The van der Waals surface area contributed by atoms with E-state index in [1.807, 2.05) is 32.0 Å². The van der Waals surface area contributed by atoms with E-state index < -0.39 is 9.84 Å². The first-order valence-electron chi connectivity index (χ1n) is 8.47. The van der Waals surface area contributed by atoms with Gasteiger partial charge in [0.05, 0.1) is 5.75 Å². The highest BCUT2D eigenvalue weighted by Gasteiger charge is 2.27. The number of hydrogen-bond acceptors (Lipinski definition) is 4. The molecule has 0 radical (unpaired) electrons. The summed E-state index contributed by atoms with van der Waals surface area (Å²) in [5.74, 6) is -0.550. The van der Waals surface area contributed by atoms with Crippen LogP contribution in [0.1, 0.15) is 30.4 Å². The molecule has 0 bridgehead atoms. The van der Waals surface area contributed by atoms with E-state index in [0.29, 0.717) is 18.8 Å². The zero-order chi connectivity index (χ0) is 18.6. The lowest BCUT2D eigenvalue weighted by Crippen LogP contribution is -2.42. The van der Waals surface area contributed by atoms with Crippen LogP contribution in [0.5, 0.6) is 0 Å². The second-order valence-electron chi connectivity index (χ2n) is 6.91. The first kappa shape index (κ1) is 19.4. The Morgan fingerprint density at radius 2 is 2.00 bits per heavy atom. The van der Waals surface area contributed by atoms with Gasteiger partial charge in [0.25, 0.3) is 0 Å². The van der Waals surface area contributed by atoms with E-state index in [1.165, 1.54) is 6.26 Å². The topological polar surface area (TPSA) is 83.6 Å². The molecule has 0 aromatic heterocycles. The molecule has 1 aromatic carbocycles. The molecule has 1 heterocycles. The molecule has 1 N–H and O–H groups in total. The predicted molar refractivity (Wildman–Crippen MR) is 98.2 cm³/mol. The van der Waals surface area contributed by atoms with Gasteiger partial charge >= 0.3 is 0 Å². The van der Waals surface area contributed by atoms with Crippen molar-refractivity contribution in [2.24, 2.45) is 5.92 Å². The molecule has 0 aliphatic carbocycles. The van der Waals surface area contributed by atoms with Crippen molar-refractivity contribution in [1.82, 2.24) is 4.90 Å². The minimum atomic E-state index is -3.06. The van der Waals surface area contributed by atoms with E-state index in [9.17, 15) is 18.0 Å². The van der Waals surface area contributed by atoms with E-state index in [4.69, 9.17) is 0 Å². The zero-order valence-electron chi connectivity index (χ0n) is 15.0. The van der Waals surface area contributed by atoms with Gasteiger partial charge in [-0.3, -0.25) is 9.59 Å². The number of amides is 2. The van der Waals surface area contributed by atoms with E-state index >= 15 is 0 Å². The molecule has 0 spiro atoms. The number of anilines is 1. The van der Waals surface area contributed by atoms with Gasteiger partial charge in [0.15, 0.2) is 0 Å². The van der Waals surface area contributed by atoms with Gasteiger partial charge in [-0.1, -0.05) is 12.1 Å². The Kier molecular flexibility index (Phi) is 6.21. The lowest BCUT2D eigenvalue weighted by molar-refractivity contribution is -0.136. The molecule has 1 aromatic rings. The Labute approximate surface area is 149 Å². The summed E-state index contributed by atoms with van der Waals surface area (Å²) in [5, 5.41) is 2.79. The third-order valence-electron chi connectivity index (χ3n) is 4.60. The van der Waals surface area contributed by atoms with Gasteiger partial charge in [-0.05, 0) is 49.8 Å². The van der Waals surface area contributed by atoms with E-state index in [-0.39, 0.29) is 29.9 Å². The molecule has 138 valence electrons. The number of carbonyl (C=O) groups is 2. The second-order valence-corrected chi connectivity index (χ2v) is 9.10. The quantitative estimate of drug-likeness (QED) is 0.807. The first-order valence-corrected chi connectivity index (χ1v) is 10.5. The van der Waals surface area contributed by atoms with Crippen LogP contribution in [0.2, 0.25) is 0 Å². The summed E-state index contributed by atoms with van der Waals surface area (Å²) in [4.78, 5) is 26.2. The number of likely N-dealkylation sites (tertiary alicyclic amines) is 1. The molecular weight excluding hydrogens is 340 g/mol. The number of rotatable bonds is 5. The largest absolute Gasteiger partial charge is 0.342 e. The highest BCUT2D eigenvalue weighted by molar-refractivity contribution is 7.90. The Bertz CT molecular complexity index is 758. The summed E-state index contributed by atoms with van der Waals surface area (Å²) in [7, 11) is -3.06. The van der Waals surface area contributed by atoms with Crippen molar-refractivity contribution in [3.63, 3.8) is 0 Å². The van der Waals surface area contributed by atoms with Gasteiger partial charge < -0.3 is 10.2 Å². The summed E-state index contributed by atoms with van der Waals surface area (Å²) >= 11 is 0. The number of piperidine rings is 1. The Balaban J connectivity index is 1.92. The average Bonchev–Trinajstić information content (AvgIpc) is 2.50. The van der Waals surface area contributed by atoms with Crippen LogP contribution in [0.4, 0.5) is 5.69 Å². The minimum Gasteiger partial charge on any atom is -0.342 e. The standard InChI is InChI=1S/C18H26N2O4S/c1-13-6-4-8-16(14(13)2)19-17(21)10-18(22)20-9-5-7-15(11-20)12-25(3,23)24/h4,6,8,15H,5,7,9-12H2,1-3H3,(H,19,21). The number of hydrogen-bond donors (Lipinski definition) is 1. The van der Waals surface area contributed by atoms with Crippen LogP contribution in [-0.4, -0.2) is 50.2 Å². The fourth-order valence-electron chi connectivity index (χ4n) is 3.19. The Morgan fingerprint density at radius 3 is 2.68 bits per heavy atom. The third kappa shape index (κ3) is 5.85. The zero-order valence-corrected chi connectivity index (χ0v) is 15.9. The third-order valence-corrected chi connectivity index (χ3v) is 5.68. The smallest absolute Gasteiger partial charge is 0.233 e. The maximum absolute atomic E-state index is 12.4. The number of nitrogens with zero attached hydrogens (tertiary/aromatic N) is 1. The fourth-order valence-corrected chi connectivity index (χ4v) is 4.31. The van der Waals surface area contributed by atoms with Crippen molar-refractivity contribution < 1.29 is 18.0 Å². The minimum absolute atomic E-state index is 0.0465. The summed E-state index contributed by atoms with van der Waals surface area (Å²) in [6.45, 7) is 4.87. The summed E-state index contributed by atoms with van der Waals surface area (Å²) in [5.41, 5.74) is 2.77. The highest BCUT2D eigenvalue weighted by atomic mass is 32.2. The summed E-state index contributed by atoms with van der Waals surface area (Å²) < 4.78 is 22.9. The van der Waals surface area contributed by atoms with Crippen molar-refractivity contribution in [3.8, 4) is 0 Å². The molecule has 1 aliphatic heterocycles. The number of benzene rings is 1. The Morgan fingerprint density at radius 1 is 1.28 bits per heavy atom. The van der Waals surface area contributed by atoms with Crippen LogP contribution in [-0.2, 0) is 19.4 Å². The average molecular weight is 366 g/mol. The molecule has 1 unspecified atom stereocenters. The van der Waals surface area contributed by atoms with Crippen molar-refractivity contribution in [1.29, 1.82) is 0 Å². The Hall–Kier alpha value is -1.89. The molecule has 6 nitrogen and oxygen atoms in total. The second kappa shape index (κ2) is 7.99. The molecule has 1 aliphatic rings. The number of carbonyl (C=O) groups excluding carboxylic acids is 2. The maximum Gasteiger partial charge on any atom is 0.233 e. The first-order chi connectivity index (χ1) is 11.7. The molecule has 2 rings (SSSR count). The molecule has 7 heteroatoms. The van der Waals surface area contributed by atoms with Crippen LogP contribution >= 0.6 is 0 Å². The van der Waals surface area contributed by atoms with Gasteiger partial charge in [-0.15, -0.1) is 0 Å². The van der Waals surface area contributed by atoms with E-state index in [0.717, 1.165) is 24.0 Å². The van der Waals surface area contributed by atoms with Crippen LogP contribution in [0.3, 0.4) is 0 Å². The molecule has 1 fully saturated rings. The fraction of sp³-hybridized carbons (Fsp3) is 0.556.